The smallest absolute Gasteiger partial charge is 0.335 e. The number of aliphatic hydroxyl groups excluding tert-OH is 10. The fourth-order valence-corrected chi connectivity index (χ4v) is 1.34. The van der Waals surface area contributed by atoms with Gasteiger partial charge in [0.25, 0.3) is 0 Å². The van der Waals surface area contributed by atoms with E-state index in [0.29, 0.717) is 0 Å². The Morgan fingerprint density at radius 2 is 0.778 bits per heavy atom. The van der Waals surface area contributed by atoms with Crippen LogP contribution in [-0.4, -0.2) is 181 Å². The molecule has 8 atom stereocenters. The molecule has 0 spiro atoms. The van der Waals surface area contributed by atoms with E-state index in [2.05, 4.69) is 0 Å². The van der Waals surface area contributed by atoms with Crippen LogP contribution in [0.1, 0.15) is 0 Å². The second-order valence-corrected chi connectivity index (χ2v) is 5.03. The van der Waals surface area contributed by atoms with E-state index in [-0.39, 0.29) is 45.5 Å². The summed E-state index contributed by atoms with van der Waals surface area (Å²) in [5.41, 5.74) is 0. The summed E-state index contributed by atoms with van der Waals surface area (Å²) >= 11 is 0. The summed E-state index contributed by atoms with van der Waals surface area (Å²) in [5, 5.41) is 104. The molecule has 0 unspecified atom stereocenters. The van der Waals surface area contributed by atoms with Crippen molar-refractivity contribution in [3.05, 3.63) is 0 Å². The molecule has 14 nitrogen and oxygen atoms in total. The Morgan fingerprint density at radius 1 is 0.556 bits per heavy atom. The quantitative estimate of drug-likeness (QED) is 0.130. The van der Waals surface area contributed by atoms with E-state index in [4.69, 9.17) is 61.3 Å². The molecule has 0 aliphatic rings. The minimum Gasteiger partial charge on any atom is -0.479 e. The van der Waals surface area contributed by atoms with Crippen LogP contribution >= 0.6 is 0 Å². The molecule has 12 N–H and O–H groups in total. The van der Waals surface area contributed by atoms with Gasteiger partial charge in [0.1, 0.15) is 36.6 Å². The Kier molecular flexibility index (Phi) is 18.7. The van der Waals surface area contributed by atoms with Crippen molar-refractivity contribution in [2.45, 2.75) is 48.8 Å². The first-order chi connectivity index (χ1) is 11.8. The average Bonchev–Trinajstić information content (AvgIpc) is 2.62. The Labute approximate surface area is 189 Å². The van der Waals surface area contributed by atoms with E-state index >= 15 is 0 Å². The zero-order chi connectivity index (χ0) is 21.2. The maximum atomic E-state index is 10.1. The number of carbonyl (C=O) groups is 2. The van der Waals surface area contributed by atoms with Crippen molar-refractivity contribution in [2.24, 2.45) is 0 Å². The first-order valence-corrected chi connectivity index (χ1v) is 6.95. The van der Waals surface area contributed by atoms with Gasteiger partial charge in [0.05, 0.1) is 13.2 Å². The number of carboxylic acids is 2. The van der Waals surface area contributed by atoms with Crippen molar-refractivity contribution >= 4 is 57.4 Å². The minimum absolute atomic E-state index is 0. The molecule has 0 saturated carbocycles. The Morgan fingerprint density at radius 3 is 0.926 bits per heavy atom. The molecule has 0 aromatic heterocycles. The van der Waals surface area contributed by atoms with Gasteiger partial charge in [-0.3, -0.25) is 0 Å². The van der Waals surface area contributed by atoms with Crippen LogP contribution in [-0.2, 0) is 9.59 Å². The van der Waals surface area contributed by atoms with Crippen LogP contribution in [0.4, 0.5) is 0 Å². The summed E-state index contributed by atoms with van der Waals surface area (Å²) < 4.78 is 0. The molecule has 15 heteroatoms. The van der Waals surface area contributed by atoms with Crippen molar-refractivity contribution < 1.29 is 70.9 Å². The first-order valence-electron chi connectivity index (χ1n) is 6.95. The predicted octanol–water partition coefficient (Wildman–Crippen LogP) is -7.37. The van der Waals surface area contributed by atoms with Gasteiger partial charge in [0.2, 0.25) is 0 Å². The fourth-order valence-electron chi connectivity index (χ4n) is 1.34. The van der Waals surface area contributed by atoms with Crippen LogP contribution in [0.25, 0.3) is 0 Å². The van der Waals surface area contributed by atoms with Gasteiger partial charge in [-0.1, -0.05) is 0 Å². The summed E-state index contributed by atoms with van der Waals surface area (Å²) in [6, 6.07) is 0. The summed E-state index contributed by atoms with van der Waals surface area (Å²) in [4.78, 5) is 20.2. The summed E-state index contributed by atoms with van der Waals surface area (Å²) in [6.45, 7) is -1.69. The van der Waals surface area contributed by atoms with Gasteiger partial charge in [-0.2, -0.15) is 0 Å². The van der Waals surface area contributed by atoms with Crippen molar-refractivity contribution in [3.8, 4) is 0 Å². The molecule has 0 saturated heterocycles. The first kappa shape index (κ1) is 31.7. The van der Waals surface area contributed by atoms with Crippen LogP contribution in [0.3, 0.4) is 0 Å². The minimum atomic E-state index is -2.20. The largest absolute Gasteiger partial charge is 0.479 e. The molecule has 158 valence electrons. The number of aliphatic hydroxyl groups is 10. The van der Waals surface area contributed by atoms with Crippen molar-refractivity contribution in [1.29, 1.82) is 0 Å². The molecule has 0 aromatic rings. The Bertz CT molecular complexity index is 385. The second kappa shape index (κ2) is 15.9. The molecule has 0 heterocycles. The number of rotatable bonds is 10. The maximum Gasteiger partial charge on any atom is 0.335 e. The standard InChI is InChI=1S/2C6H12O7.Sr/c2*7-1-2(8)3(9)4(10)5(11)6(12)13;/h2*2-5,7-11H,1H2,(H,12,13);/t2*2-,3-,4+,5-;/m11./s1. The third-order valence-electron chi connectivity index (χ3n) is 3.02. The molecule has 0 aromatic carbocycles. The van der Waals surface area contributed by atoms with E-state index in [0.717, 1.165) is 0 Å². The van der Waals surface area contributed by atoms with Crippen molar-refractivity contribution in [3.63, 3.8) is 0 Å². The molecule has 0 aliphatic heterocycles. The zero-order valence-corrected chi connectivity index (χ0v) is 17.4. The summed E-state index contributed by atoms with van der Waals surface area (Å²) in [7, 11) is 0. The zero-order valence-electron chi connectivity index (χ0n) is 13.9. The number of hydrogen-bond donors (Lipinski definition) is 12. The number of hydrogen-bond acceptors (Lipinski definition) is 12. The third kappa shape index (κ3) is 11.6. The summed E-state index contributed by atoms with van der Waals surface area (Å²) in [5.74, 6) is -3.45. The van der Waals surface area contributed by atoms with Crippen LogP contribution < -0.4 is 0 Å². The van der Waals surface area contributed by atoms with Gasteiger partial charge in [-0.25, -0.2) is 9.59 Å². The van der Waals surface area contributed by atoms with E-state index in [1.165, 1.54) is 0 Å². The fraction of sp³-hybridized carbons (Fsp3) is 0.833. The van der Waals surface area contributed by atoms with E-state index in [1.54, 1.807) is 0 Å². The van der Waals surface area contributed by atoms with Gasteiger partial charge < -0.3 is 61.3 Å². The van der Waals surface area contributed by atoms with Crippen LogP contribution in [0.15, 0.2) is 0 Å². The van der Waals surface area contributed by atoms with Crippen LogP contribution in [0, 0.1) is 0 Å². The van der Waals surface area contributed by atoms with Crippen LogP contribution in [0.5, 0.6) is 0 Å². The Hall–Kier alpha value is 0.0205. The molecular weight excluding hydrogens is 456 g/mol. The maximum absolute atomic E-state index is 10.1. The monoisotopic (exact) mass is 480 g/mol. The third-order valence-corrected chi connectivity index (χ3v) is 3.02. The molecule has 0 fully saturated rings. The van der Waals surface area contributed by atoms with Crippen molar-refractivity contribution in [2.75, 3.05) is 13.2 Å². The van der Waals surface area contributed by atoms with Crippen LogP contribution in [0.2, 0.25) is 0 Å². The molecule has 0 aliphatic carbocycles. The SMILES string of the molecule is O=C(O)[C@H](O)[C@@H](O)[C@H](O)[C@H](O)CO.O=C(O)[C@H](O)[C@@H](O)[C@H](O)[C@H](O)CO.[Sr]. The second-order valence-electron chi connectivity index (χ2n) is 5.03. The van der Waals surface area contributed by atoms with E-state index < -0.39 is 74.0 Å². The molecule has 27 heavy (non-hydrogen) atoms. The normalized spacial score (nSPS) is 19.6. The average molecular weight is 480 g/mol. The van der Waals surface area contributed by atoms with Gasteiger partial charge in [0.15, 0.2) is 12.2 Å². The molecule has 0 bridgehead atoms. The molecule has 0 amide bonds. The summed E-state index contributed by atoms with van der Waals surface area (Å²) in [6.07, 6.45) is -15.7. The topological polar surface area (TPSA) is 277 Å². The number of carboxylic acid groups (broad SMARTS) is 2. The van der Waals surface area contributed by atoms with Gasteiger partial charge in [0, 0.05) is 45.5 Å². The van der Waals surface area contributed by atoms with Gasteiger partial charge in [-0.15, -0.1) is 0 Å². The molecule has 2 radical (unpaired) electrons. The predicted molar refractivity (Wildman–Crippen MR) is 83.3 cm³/mol. The van der Waals surface area contributed by atoms with E-state index in [1.807, 2.05) is 0 Å². The molecular formula is C12H24O14Sr. The molecule has 0 rings (SSSR count). The van der Waals surface area contributed by atoms with E-state index in [9.17, 15) is 9.59 Å². The van der Waals surface area contributed by atoms with Crippen molar-refractivity contribution in [1.82, 2.24) is 0 Å². The Balaban J connectivity index is -0.000000411. The van der Waals surface area contributed by atoms with Gasteiger partial charge >= 0.3 is 11.9 Å². The number of aliphatic carboxylic acids is 2. The van der Waals surface area contributed by atoms with Gasteiger partial charge in [-0.05, 0) is 0 Å².